The molecule has 5 nitrogen and oxygen atoms in total. The standard InChI is InChI=1S/C22H28FN3O2S/c1-13(2)11-26(12-14(3)4)21(28)17-9-10-18-19(17)24-22(29-18)25-20(27)15-5-7-16(23)8-6-15/h5-8,13-14,17H,9-12H2,1-4H3,(H,24,25,27). The van der Waals surface area contributed by atoms with Crippen LogP contribution in [0.4, 0.5) is 9.52 Å². The van der Waals surface area contributed by atoms with Crippen molar-refractivity contribution in [2.24, 2.45) is 11.8 Å². The molecule has 1 aliphatic rings. The van der Waals surface area contributed by atoms with Crippen LogP contribution in [-0.2, 0) is 11.2 Å². The number of halogens is 1. The predicted molar refractivity (Wildman–Crippen MR) is 114 cm³/mol. The summed E-state index contributed by atoms with van der Waals surface area (Å²) in [5.74, 6) is -0.0211. The van der Waals surface area contributed by atoms with E-state index in [1.807, 2.05) is 4.90 Å². The Balaban J connectivity index is 1.74. The molecule has 0 saturated heterocycles. The van der Waals surface area contributed by atoms with E-state index in [1.54, 1.807) is 0 Å². The first-order valence-corrected chi connectivity index (χ1v) is 10.9. The Morgan fingerprint density at radius 3 is 2.38 bits per heavy atom. The maximum absolute atomic E-state index is 13.2. The number of nitrogens with zero attached hydrogens (tertiary/aromatic N) is 2. The lowest BCUT2D eigenvalue weighted by Gasteiger charge is -2.28. The van der Waals surface area contributed by atoms with Gasteiger partial charge in [0.2, 0.25) is 5.91 Å². The molecule has 2 aromatic rings. The molecule has 156 valence electrons. The van der Waals surface area contributed by atoms with E-state index in [9.17, 15) is 14.0 Å². The van der Waals surface area contributed by atoms with E-state index in [-0.39, 0.29) is 23.5 Å². The van der Waals surface area contributed by atoms with Crippen LogP contribution in [0.3, 0.4) is 0 Å². The second-order valence-corrected chi connectivity index (χ2v) is 9.49. The molecule has 0 bridgehead atoms. The molecule has 1 heterocycles. The van der Waals surface area contributed by atoms with E-state index < -0.39 is 0 Å². The van der Waals surface area contributed by atoms with Gasteiger partial charge in [-0.2, -0.15) is 0 Å². The highest BCUT2D eigenvalue weighted by Crippen LogP contribution is 2.39. The molecule has 1 aromatic carbocycles. The molecule has 0 aliphatic heterocycles. The Morgan fingerprint density at radius 2 is 1.79 bits per heavy atom. The van der Waals surface area contributed by atoms with Crippen molar-refractivity contribution in [1.82, 2.24) is 9.88 Å². The molecular formula is C22H28FN3O2S. The third kappa shape index (κ3) is 5.21. The minimum Gasteiger partial charge on any atom is -0.342 e. The van der Waals surface area contributed by atoms with Gasteiger partial charge in [-0.1, -0.05) is 27.7 Å². The van der Waals surface area contributed by atoms with Gasteiger partial charge in [0.05, 0.1) is 11.6 Å². The van der Waals surface area contributed by atoms with Crippen LogP contribution in [0.2, 0.25) is 0 Å². The number of aryl methyl sites for hydroxylation is 1. The number of aromatic nitrogens is 1. The molecule has 0 spiro atoms. The summed E-state index contributed by atoms with van der Waals surface area (Å²) in [6, 6.07) is 5.38. The van der Waals surface area contributed by atoms with Crippen LogP contribution in [0.15, 0.2) is 24.3 Å². The van der Waals surface area contributed by atoms with Gasteiger partial charge in [0.15, 0.2) is 5.13 Å². The van der Waals surface area contributed by atoms with Gasteiger partial charge in [0.1, 0.15) is 5.82 Å². The minimum absolute atomic E-state index is 0.132. The number of anilines is 1. The van der Waals surface area contributed by atoms with Crippen LogP contribution in [0.25, 0.3) is 0 Å². The Kier molecular flexibility index (Phi) is 6.67. The van der Waals surface area contributed by atoms with Gasteiger partial charge in [0, 0.05) is 23.5 Å². The van der Waals surface area contributed by atoms with Crippen molar-refractivity contribution in [3.8, 4) is 0 Å². The molecule has 0 saturated carbocycles. The van der Waals surface area contributed by atoms with Crippen LogP contribution >= 0.6 is 11.3 Å². The highest BCUT2D eigenvalue weighted by Gasteiger charge is 2.35. The predicted octanol–water partition coefficient (Wildman–Crippen LogP) is 4.70. The zero-order valence-corrected chi connectivity index (χ0v) is 18.2. The highest BCUT2D eigenvalue weighted by atomic mass is 32.1. The monoisotopic (exact) mass is 417 g/mol. The fourth-order valence-electron chi connectivity index (χ4n) is 3.65. The molecule has 1 aromatic heterocycles. The van der Waals surface area contributed by atoms with E-state index in [4.69, 9.17) is 0 Å². The molecule has 1 atom stereocenters. The second-order valence-electron chi connectivity index (χ2n) is 8.41. The number of hydrogen-bond donors (Lipinski definition) is 1. The third-order valence-electron chi connectivity index (χ3n) is 4.83. The van der Waals surface area contributed by atoms with E-state index in [2.05, 4.69) is 38.0 Å². The Morgan fingerprint density at radius 1 is 1.17 bits per heavy atom. The zero-order valence-electron chi connectivity index (χ0n) is 17.4. The first kappa shape index (κ1) is 21.4. The summed E-state index contributed by atoms with van der Waals surface area (Å²) in [5, 5.41) is 3.27. The summed E-state index contributed by atoms with van der Waals surface area (Å²) in [5.41, 5.74) is 1.17. The summed E-state index contributed by atoms with van der Waals surface area (Å²) in [7, 11) is 0. The zero-order chi connectivity index (χ0) is 21.1. The molecule has 1 N–H and O–H groups in total. The first-order chi connectivity index (χ1) is 13.7. The maximum Gasteiger partial charge on any atom is 0.257 e. The molecule has 0 radical (unpaired) electrons. The SMILES string of the molecule is CC(C)CN(CC(C)C)C(=O)C1CCc2sc(NC(=O)c3ccc(F)cc3)nc21. The summed E-state index contributed by atoms with van der Waals surface area (Å²) in [4.78, 5) is 33.2. The number of amides is 2. The van der Waals surface area contributed by atoms with Crippen molar-refractivity contribution in [3.63, 3.8) is 0 Å². The number of carbonyl (C=O) groups is 2. The van der Waals surface area contributed by atoms with Gasteiger partial charge >= 0.3 is 0 Å². The molecule has 1 aliphatic carbocycles. The van der Waals surface area contributed by atoms with Crippen LogP contribution < -0.4 is 5.32 Å². The summed E-state index contributed by atoms with van der Waals surface area (Å²) in [6.07, 6.45) is 1.57. The van der Waals surface area contributed by atoms with Gasteiger partial charge < -0.3 is 4.90 Å². The Labute approximate surface area is 175 Å². The van der Waals surface area contributed by atoms with Gasteiger partial charge in [-0.05, 0) is 48.9 Å². The Hall–Kier alpha value is -2.28. The fraction of sp³-hybridized carbons (Fsp3) is 0.500. The number of thiazole rings is 1. The maximum atomic E-state index is 13.2. The normalized spacial score (nSPS) is 15.6. The quantitative estimate of drug-likeness (QED) is 0.710. The fourth-order valence-corrected chi connectivity index (χ4v) is 4.68. The number of nitrogens with one attached hydrogen (secondary N) is 1. The smallest absolute Gasteiger partial charge is 0.257 e. The van der Waals surface area contributed by atoms with Crippen LogP contribution in [0, 0.1) is 17.7 Å². The number of carbonyl (C=O) groups excluding carboxylic acids is 2. The van der Waals surface area contributed by atoms with Crippen LogP contribution in [0.5, 0.6) is 0 Å². The lowest BCUT2D eigenvalue weighted by molar-refractivity contribution is -0.134. The molecule has 2 amide bonds. The minimum atomic E-state index is -0.386. The summed E-state index contributed by atoms with van der Waals surface area (Å²) < 4.78 is 13.1. The van der Waals surface area contributed by atoms with Gasteiger partial charge in [-0.3, -0.25) is 14.9 Å². The van der Waals surface area contributed by atoms with Crippen molar-refractivity contribution >= 4 is 28.3 Å². The highest BCUT2D eigenvalue weighted by molar-refractivity contribution is 7.16. The van der Waals surface area contributed by atoms with Crippen molar-refractivity contribution < 1.29 is 14.0 Å². The largest absolute Gasteiger partial charge is 0.342 e. The Bertz CT molecular complexity index is 867. The van der Waals surface area contributed by atoms with E-state index in [0.717, 1.165) is 36.5 Å². The molecule has 29 heavy (non-hydrogen) atoms. The third-order valence-corrected chi connectivity index (χ3v) is 5.87. The molecular weight excluding hydrogens is 389 g/mol. The number of rotatable bonds is 7. The van der Waals surface area contributed by atoms with Crippen molar-refractivity contribution in [2.75, 3.05) is 18.4 Å². The average molecular weight is 418 g/mol. The van der Waals surface area contributed by atoms with Crippen molar-refractivity contribution in [1.29, 1.82) is 0 Å². The first-order valence-electron chi connectivity index (χ1n) is 10.1. The lowest BCUT2D eigenvalue weighted by atomic mass is 10.0. The number of benzene rings is 1. The lowest BCUT2D eigenvalue weighted by Crippen LogP contribution is -2.39. The van der Waals surface area contributed by atoms with E-state index in [0.29, 0.717) is 22.5 Å². The molecule has 1 unspecified atom stereocenters. The van der Waals surface area contributed by atoms with Crippen LogP contribution in [0.1, 0.15) is 61.0 Å². The number of fused-ring (bicyclic) bond motifs is 1. The molecule has 3 rings (SSSR count). The topological polar surface area (TPSA) is 62.3 Å². The van der Waals surface area contributed by atoms with E-state index in [1.165, 1.54) is 35.6 Å². The molecule has 7 heteroatoms. The summed E-state index contributed by atoms with van der Waals surface area (Å²) >= 11 is 1.42. The van der Waals surface area contributed by atoms with Gasteiger partial charge in [0.25, 0.3) is 5.91 Å². The van der Waals surface area contributed by atoms with Gasteiger partial charge in [-0.25, -0.2) is 9.37 Å². The number of hydrogen-bond acceptors (Lipinski definition) is 4. The van der Waals surface area contributed by atoms with Crippen molar-refractivity contribution in [2.45, 2.75) is 46.5 Å². The second kappa shape index (κ2) is 9.03. The van der Waals surface area contributed by atoms with Gasteiger partial charge in [-0.15, -0.1) is 11.3 Å². The summed E-state index contributed by atoms with van der Waals surface area (Å²) in [6.45, 7) is 9.95. The average Bonchev–Trinajstić information content (AvgIpc) is 3.20. The van der Waals surface area contributed by atoms with Crippen LogP contribution in [-0.4, -0.2) is 34.8 Å². The molecule has 0 fully saturated rings. The van der Waals surface area contributed by atoms with E-state index >= 15 is 0 Å². The van der Waals surface area contributed by atoms with Crippen molar-refractivity contribution in [3.05, 3.63) is 46.2 Å².